The van der Waals surface area contributed by atoms with Crippen LogP contribution in [0.1, 0.15) is 48.5 Å². The van der Waals surface area contributed by atoms with E-state index in [-0.39, 0.29) is 11.6 Å². The first kappa shape index (κ1) is 15.7. The maximum Gasteiger partial charge on any atom is 0.514 e. The molecule has 21 heavy (non-hydrogen) atoms. The number of pyridine rings is 1. The van der Waals surface area contributed by atoms with Crippen LogP contribution in [0.4, 0.5) is 0 Å². The van der Waals surface area contributed by atoms with E-state index >= 15 is 0 Å². The Bertz CT molecular complexity index is 570. The molecule has 6 nitrogen and oxygen atoms in total. The van der Waals surface area contributed by atoms with Gasteiger partial charge in [0.25, 0.3) is 5.91 Å². The monoisotopic (exact) mass is 290 g/mol. The lowest BCUT2D eigenvalue weighted by molar-refractivity contribution is 0.00578. The minimum Gasteiger partial charge on any atom is -0.398 e. The SMILES string of the molecule is CNC(=O)c1cc(C=O)cc(B2OC(C)(C)C(C)(C)O2)n1. The van der Waals surface area contributed by atoms with E-state index in [1.165, 1.54) is 13.1 Å². The highest BCUT2D eigenvalue weighted by molar-refractivity contribution is 6.61. The molecule has 112 valence electrons. The summed E-state index contributed by atoms with van der Waals surface area (Å²) < 4.78 is 11.8. The normalized spacial score (nSPS) is 19.4. The number of amides is 1. The first-order valence-corrected chi connectivity index (χ1v) is 6.75. The molecule has 1 saturated heterocycles. The van der Waals surface area contributed by atoms with Crippen LogP contribution in [0.3, 0.4) is 0 Å². The Morgan fingerprint density at radius 1 is 1.24 bits per heavy atom. The largest absolute Gasteiger partial charge is 0.514 e. The standard InChI is InChI=1S/C14H19BN2O4/c1-13(2)14(3,4)21-15(20-13)11-7-9(8-18)6-10(17-11)12(19)16-5/h6-8H,1-5H3,(H,16,19). The van der Waals surface area contributed by atoms with E-state index in [1.54, 1.807) is 6.07 Å². The van der Waals surface area contributed by atoms with Gasteiger partial charge >= 0.3 is 7.12 Å². The van der Waals surface area contributed by atoms with Gasteiger partial charge in [0.1, 0.15) is 12.0 Å². The fourth-order valence-electron chi connectivity index (χ4n) is 1.97. The van der Waals surface area contributed by atoms with Crippen molar-refractivity contribution >= 4 is 24.9 Å². The minimum atomic E-state index is -0.710. The van der Waals surface area contributed by atoms with Crippen LogP contribution >= 0.6 is 0 Å². The third kappa shape index (κ3) is 2.84. The van der Waals surface area contributed by atoms with E-state index in [0.29, 0.717) is 17.4 Å². The van der Waals surface area contributed by atoms with Crippen molar-refractivity contribution < 1.29 is 18.9 Å². The summed E-state index contributed by atoms with van der Waals surface area (Å²) >= 11 is 0. The molecule has 2 heterocycles. The fourth-order valence-corrected chi connectivity index (χ4v) is 1.97. The Morgan fingerprint density at radius 2 is 1.81 bits per heavy atom. The smallest absolute Gasteiger partial charge is 0.398 e. The average molecular weight is 290 g/mol. The molecule has 1 aliphatic heterocycles. The highest BCUT2D eigenvalue weighted by Crippen LogP contribution is 2.36. The lowest BCUT2D eigenvalue weighted by atomic mass is 9.83. The third-order valence-electron chi connectivity index (χ3n) is 3.96. The molecule has 0 atom stereocenters. The van der Waals surface area contributed by atoms with Crippen LogP contribution in [0.15, 0.2) is 12.1 Å². The number of nitrogens with zero attached hydrogens (tertiary/aromatic N) is 1. The second kappa shape index (κ2) is 5.24. The van der Waals surface area contributed by atoms with Crippen LogP contribution < -0.4 is 10.9 Å². The Balaban J connectivity index is 2.41. The average Bonchev–Trinajstić information content (AvgIpc) is 2.66. The first-order valence-electron chi connectivity index (χ1n) is 6.75. The summed E-state index contributed by atoms with van der Waals surface area (Å²) in [6.45, 7) is 7.71. The highest BCUT2D eigenvalue weighted by atomic mass is 16.7. The molecule has 1 aromatic heterocycles. The quantitative estimate of drug-likeness (QED) is 0.650. The summed E-state index contributed by atoms with van der Waals surface area (Å²) in [4.78, 5) is 27.0. The maximum absolute atomic E-state index is 11.7. The van der Waals surface area contributed by atoms with E-state index < -0.39 is 18.3 Å². The molecule has 2 rings (SSSR count). The summed E-state index contributed by atoms with van der Waals surface area (Å²) in [7, 11) is 0.796. The van der Waals surface area contributed by atoms with Crippen molar-refractivity contribution in [2.45, 2.75) is 38.9 Å². The molecule has 1 aliphatic rings. The molecular weight excluding hydrogens is 271 g/mol. The van der Waals surface area contributed by atoms with Gasteiger partial charge in [-0.2, -0.15) is 0 Å². The van der Waals surface area contributed by atoms with E-state index in [1.807, 2.05) is 27.7 Å². The van der Waals surface area contributed by atoms with Gasteiger partial charge in [-0.1, -0.05) is 0 Å². The molecule has 1 fully saturated rings. The summed E-state index contributed by atoms with van der Waals surface area (Å²) in [5, 5.41) is 2.48. The summed E-state index contributed by atoms with van der Waals surface area (Å²) in [6.07, 6.45) is 0.670. The Kier molecular flexibility index (Phi) is 3.90. The zero-order valence-corrected chi connectivity index (χ0v) is 12.9. The molecule has 0 spiro atoms. The molecular formula is C14H19BN2O4. The molecule has 1 N–H and O–H groups in total. The van der Waals surface area contributed by atoms with Gasteiger partial charge < -0.3 is 14.6 Å². The lowest BCUT2D eigenvalue weighted by Crippen LogP contribution is -2.41. The van der Waals surface area contributed by atoms with Crippen LogP contribution in [-0.2, 0) is 9.31 Å². The predicted molar refractivity (Wildman–Crippen MR) is 78.7 cm³/mol. The van der Waals surface area contributed by atoms with E-state index in [4.69, 9.17) is 9.31 Å². The fraction of sp³-hybridized carbons (Fsp3) is 0.500. The molecule has 0 bridgehead atoms. The van der Waals surface area contributed by atoms with Crippen molar-refractivity contribution in [1.29, 1.82) is 0 Å². The van der Waals surface area contributed by atoms with Crippen LogP contribution in [0.2, 0.25) is 0 Å². The second-order valence-electron chi connectivity index (χ2n) is 6.00. The van der Waals surface area contributed by atoms with Gasteiger partial charge in [-0.3, -0.25) is 14.6 Å². The molecule has 0 aromatic carbocycles. The number of hydrogen-bond donors (Lipinski definition) is 1. The molecule has 1 amide bonds. The molecule has 0 saturated carbocycles. The zero-order chi connectivity index (χ0) is 15.8. The molecule has 0 unspecified atom stereocenters. The second-order valence-corrected chi connectivity index (χ2v) is 6.00. The predicted octanol–water partition coefficient (Wildman–Crippen LogP) is 0.553. The van der Waals surface area contributed by atoms with Crippen molar-refractivity contribution in [2.75, 3.05) is 7.05 Å². The molecule has 0 aliphatic carbocycles. The Hall–Kier alpha value is -1.73. The number of carbonyl (C=O) groups excluding carboxylic acids is 2. The van der Waals surface area contributed by atoms with E-state index in [2.05, 4.69) is 10.3 Å². The van der Waals surface area contributed by atoms with Gasteiger partial charge in [0, 0.05) is 12.6 Å². The number of aromatic nitrogens is 1. The van der Waals surface area contributed by atoms with Crippen molar-refractivity contribution in [3.8, 4) is 0 Å². The van der Waals surface area contributed by atoms with Crippen LogP contribution in [0, 0.1) is 0 Å². The number of nitrogens with one attached hydrogen (secondary N) is 1. The number of carbonyl (C=O) groups is 2. The van der Waals surface area contributed by atoms with Crippen LogP contribution in [-0.4, -0.2) is 42.5 Å². The number of hydrogen-bond acceptors (Lipinski definition) is 5. The molecule has 1 aromatic rings. The summed E-state index contributed by atoms with van der Waals surface area (Å²) in [6, 6.07) is 3.00. The summed E-state index contributed by atoms with van der Waals surface area (Å²) in [5.74, 6) is -0.364. The third-order valence-corrected chi connectivity index (χ3v) is 3.96. The topological polar surface area (TPSA) is 77.5 Å². The van der Waals surface area contributed by atoms with Crippen molar-refractivity contribution in [1.82, 2.24) is 10.3 Å². The van der Waals surface area contributed by atoms with Crippen molar-refractivity contribution in [3.05, 3.63) is 23.4 Å². The highest BCUT2D eigenvalue weighted by Gasteiger charge is 2.52. The van der Waals surface area contributed by atoms with Gasteiger partial charge in [0.05, 0.1) is 16.8 Å². The van der Waals surface area contributed by atoms with Crippen molar-refractivity contribution in [3.63, 3.8) is 0 Å². The summed E-state index contributed by atoms with van der Waals surface area (Å²) in [5.41, 5.74) is -0.0927. The van der Waals surface area contributed by atoms with E-state index in [9.17, 15) is 9.59 Å². The number of aldehydes is 1. The van der Waals surface area contributed by atoms with Gasteiger partial charge in [0.2, 0.25) is 0 Å². The number of rotatable bonds is 3. The minimum absolute atomic E-state index is 0.159. The zero-order valence-electron chi connectivity index (χ0n) is 12.9. The van der Waals surface area contributed by atoms with Gasteiger partial charge in [-0.25, -0.2) is 0 Å². The molecule has 7 heteroatoms. The van der Waals surface area contributed by atoms with Crippen LogP contribution in [0.25, 0.3) is 0 Å². The van der Waals surface area contributed by atoms with Gasteiger partial charge in [0.15, 0.2) is 0 Å². The van der Waals surface area contributed by atoms with Gasteiger partial charge in [-0.05, 0) is 39.8 Å². The first-order chi connectivity index (χ1) is 9.70. The maximum atomic E-state index is 11.7. The van der Waals surface area contributed by atoms with Crippen LogP contribution in [0.5, 0.6) is 0 Å². The van der Waals surface area contributed by atoms with E-state index in [0.717, 1.165) is 0 Å². The Labute approximate surface area is 124 Å². The van der Waals surface area contributed by atoms with Crippen molar-refractivity contribution in [2.24, 2.45) is 0 Å². The Morgan fingerprint density at radius 3 is 2.29 bits per heavy atom. The van der Waals surface area contributed by atoms with Gasteiger partial charge in [-0.15, -0.1) is 0 Å². The molecule has 0 radical (unpaired) electrons. The lowest BCUT2D eigenvalue weighted by Gasteiger charge is -2.32.